The number of aromatic nitrogens is 26. The fourth-order valence-electron chi connectivity index (χ4n) is 14.2. The van der Waals surface area contributed by atoms with Crippen LogP contribution in [0.5, 0.6) is 0 Å². The van der Waals surface area contributed by atoms with E-state index in [4.69, 9.17) is 19.7 Å². The number of anilines is 4. The maximum Gasteiger partial charge on any atom is 0.274 e. The van der Waals surface area contributed by atoms with Crippen molar-refractivity contribution < 1.29 is 28.7 Å². The Morgan fingerprint density at radius 3 is 0.968 bits per heavy atom. The Morgan fingerprint density at radius 2 is 0.677 bits per heavy atom. The minimum Gasteiger partial charge on any atom is -0.379 e. The van der Waals surface area contributed by atoms with Crippen LogP contribution in [0.15, 0.2) is 234 Å². The van der Waals surface area contributed by atoms with Gasteiger partial charge in [0.1, 0.15) is 68.3 Å². The van der Waals surface area contributed by atoms with Crippen molar-refractivity contribution >= 4 is 46.4 Å². The Morgan fingerprint density at radius 1 is 0.363 bits per heavy atom. The van der Waals surface area contributed by atoms with E-state index in [1.807, 2.05) is 91.9 Å². The molecule has 2 saturated carbocycles. The topological polar surface area (TPSA) is 444 Å². The molecule has 16 aromatic heterocycles. The molecule has 36 nitrogen and oxygen atoms in total. The van der Waals surface area contributed by atoms with Crippen LogP contribution in [0.3, 0.4) is 0 Å². The minimum absolute atomic E-state index is 0.234. The highest BCUT2D eigenvalue weighted by Crippen LogP contribution is 2.37. The van der Waals surface area contributed by atoms with Crippen LogP contribution in [0.1, 0.15) is 130 Å². The monoisotopic (exact) mass is 1660 g/mol. The first-order chi connectivity index (χ1) is 60.6. The van der Waals surface area contributed by atoms with Crippen LogP contribution in [0, 0.1) is 13.8 Å². The highest BCUT2D eigenvalue weighted by molar-refractivity contribution is 6.07. The maximum atomic E-state index is 13.3. The molecular weight excluding hydrogens is 1570 g/mol. The van der Waals surface area contributed by atoms with E-state index in [0.29, 0.717) is 120 Å². The van der Waals surface area contributed by atoms with E-state index in [-0.39, 0.29) is 41.4 Å². The van der Waals surface area contributed by atoms with Gasteiger partial charge in [0.15, 0.2) is 0 Å². The number of hydrogen-bond acceptors (Lipinski definition) is 26. The predicted molar refractivity (Wildman–Crippen MR) is 461 cm³/mol. The van der Waals surface area contributed by atoms with Gasteiger partial charge in [-0.25, -0.2) is 19.9 Å². The molecule has 16 heterocycles. The summed E-state index contributed by atoms with van der Waals surface area (Å²) in [5.74, 6) is -1.31. The summed E-state index contributed by atoms with van der Waals surface area (Å²) < 4.78 is 18.7. The molecule has 124 heavy (non-hydrogen) atoms. The van der Waals surface area contributed by atoms with Gasteiger partial charge in [0, 0.05) is 161 Å². The molecule has 18 rings (SSSR count). The second-order valence-corrected chi connectivity index (χ2v) is 28.9. The van der Waals surface area contributed by atoms with Crippen molar-refractivity contribution in [2.24, 2.45) is 14.1 Å². The van der Waals surface area contributed by atoms with Crippen LogP contribution in [0.2, 0.25) is 0 Å². The summed E-state index contributed by atoms with van der Waals surface area (Å²) in [7, 11) is 3.55. The molecule has 0 saturated heterocycles. The van der Waals surface area contributed by atoms with E-state index in [9.17, 15) is 19.2 Å². The largest absolute Gasteiger partial charge is 0.379 e. The zero-order valence-electron chi connectivity index (χ0n) is 68.5. The SMILES string of the molecule is CCOC1CCC(n2cc(NC(=O)c3cccc(-c4cn[nH]c4)n3)c(-c3cnccn3)n2)CC1.CCOC1CCC(n2cc(NC(=O)c3cccc(-c4cncc(C)c4)n3)c(-c3cnccn3)n2)CC1.Cc1cncc(-c2cccc(C(=O)Nc3cn(C)nc3-c3cnccn3)n2)c1.Cn1cc(NC(=O)c2cccc(-c3cn[nH]c3)n2)c(-c2cnccn2)n1. The lowest BCUT2D eigenvalue weighted by molar-refractivity contribution is 0.0258. The van der Waals surface area contributed by atoms with E-state index in [1.165, 1.54) is 0 Å². The van der Waals surface area contributed by atoms with Gasteiger partial charge in [-0.2, -0.15) is 30.6 Å². The Balaban J connectivity index is 0.000000129. The van der Waals surface area contributed by atoms with Gasteiger partial charge in [0.25, 0.3) is 23.6 Å². The molecule has 0 radical (unpaired) electrons. The number of nitrogens with one attached hydrogen (secondary N) is 6. The summed E-state index contributed by atoms with van der Waals surface area (Å²) in [5.41, 5.74) is 16.1. The summed E-state index contributed by atoms with van der Waals surface area (Å²) in [6.07, 6.45) is 48.7. The van der Waals surface area contributed by atoms with Gasteiger partial charge in [-0.3, -0.25) is 97.9 Å². The summed E-state index contributed by atoms with van der Waals surface area (Å²) in [6, 6.07) is 25.7. The van der Waals surface area contributed by atoms with Gasteiger partial charge < -0.3 is 30.7 Å². The molecule has 0 aliphatic heterocycles. The van der Waals surface area contributed by atoms with E-state index in [0.717, 1.165) is 98.0 Å². The second-order valence-electron chi connectivity index (χ2n) is 28.9. The Bertz CT molecular complexity index is 6250. The van der Waals surface area contributed by atoms with Crippen molar-refractivity contribution in [1.29, 1.82) is 0 Å². The number of amides is 4. The molecule has 36 heteroatoms. The summed E-state index contributed by atoms with van der Waals surface area (Å²) >= 11 is 0. The number of carbonyl (C=O) groups excluding carboxylic acids is 4. The number of aromatic amines is 2. The van der Waals surface area contributed by atoms with E-state index in [2.05, 4.69) is 122 Å². The molecule has 0 aromatic carbocycles. The lowest BCUT2D eigenvalue weighted by atomic mass is 9.93. The van der Waals surface area contributed by atoms with Gasteiger partial charge in [-0.05, 0) is 151 Å². The van der Waals surface area contributed by atoms with Crippen molar-refractivity contribution in [3.63, 3.8) is 0 Å². The Kier molecular flexibility index (Phi) is 26.8. The summed E-state index contributed by atoms with van der Waals surface area (Å²) in [4.78, 5) is 112. The normalized spacial score (nSPS) is 14.7. The number of H-pyrrole nitrogens is 2. The molecule has 6 N–H and O–H groups in total. The number of ether oxygens (including phenoxy) is 2. The predicted octanol–water partition coefficient (Wildman–Crippen LogP) is 13.6. The average Bonchev–Trinajstić information content (AvgIpc) is 1.64. The van der Waals surface area contributed by atoms with Crippen molar-refractivity contribution in [3.05, 3.63) is 268 Å². The van der Waals surface area contributed by atoms with Crippen LogP contribution in [-0.4, -0.2) is 178 Å². The van der Waals surface area contributed by atoms with Gasteiger partial charge in [0.05, 0.1) is 107 Å². The van der Waals surface area contributed by atoms with Crippen LogP contribution < -0.4 is 21.3 Å². The third-order valence-electron chi connectivity index (χ3n) is 20.0. The summed E-state index contributed by atoms with van der Waals surface area (Å²) in [5, 5.41) is 43.4. The number of carbonyl (C=O) groups is 4. The molecular formula is C88H86N30O6. The highest BCUT2D eigenvalue weighted by atomic mass is 16.5. The van der Waals surface area contributed by atoms with Crippen LogP contribution in [0.25, 0.3) is 90.6 Å². The second kappa shape index (κ2) is 39.9. The molecule has 0 spiro atoms. The van der Waals surface area contributed by atoms with Gasteiger partial charge in [0.2, 0.25) is 0 Å². The zero-order chi connectivity index (χ0) is 85.7. The molecule has 4 amide bonds. The fraction of sp³-hybridized carbons (Fsp3) is 0.227. The van der Waals surface area contributed by atoms with E-state index < -0.39 is 0 Å². The van der Waals surface area contributed by atoms with E-state index >= 15 is 0 Å². The number of rotatable bonds is 22. The third-order valence-corrected chi connectivity index (χ3v) is 20.0. The first-order valence-corrected chi connectivity index (χ1v) is 40.1. The van der Waals surface area contributed by atoms with Crippen LogP contribution >= 0.6 is 0 Å². The number of pyridine rings is 6. The summed E-state index contributed by atoms with van der Waals surface area (Å²) in [6.45, 7) is 9.47. The average molecular weight is 1660 g/mol. The fourth-order valence-corrected chi connectivity index (χ4v) is 14.2. The maximum absolute atomic E-state index is 13.3. The Hall–Kier alpha value is -15.7. The minimum atomic E-state index is -0.339. The van der Waals surface area contributed by atoms with Crippen molar-refractivity contribution in [2.75, 3.05) is 34.5 Å². The van der Waals surface area contributed by atoms with Crippen molar-refractivity contribution in [2.45, 2.75) is 103 Å². The molecule has 2 fully saturated rings. The van der Waals surface area contributed by atoms with Crippen LogP contribution in [0.4, 0.5) is 22.7 Å². The smallest absolute Gasteiger partial charge is 0.274 e. The molecule has 2 aliphatic rings. The molecule has 624 valence electrons. The van der Waals surface area contributed by atoms with Gasteiger partial charge in [-0.15, -0.1) is 0 Å². The standard InChI is InChI=1S/C27H29N7O2.C24H26N8O2.C20H17N7O.C17H14N8O/c1-3-36-21-9-7-20(8-10-21)34-17-25(26(33-34)24-16-28-11-12-30-24)32-27(35)23-6-4-5-22(31-23)19-13-18(2)14-29-15-19;1-2-34-18-8-6-17(7-9-18)32-15-22(23(31-32)21-14-25-10-11-26-21)30-24(33)20-5-3-4-19(29-20)16-12-27-28-13-16;1-13-8-14(10-22-9-13)15-4-3-5-16(24-15)20(28)25-18-12-27(2)26-19(18)17-11-21-6-7-23-17;1-25-10-15(16(24-25)14-9-18-5-6-19-14)23-17(26)13-4-2-3-12(22-13)11-7-20-21-8-11/h4-6,11-17,20-21H,3,7-10H2,1-2H3,(H,32,35);3-5,10-15,17-18H,2,6-9H2,1H3,(H,27,28)(H,30,33);3-12H,1-2H3,(H,25,28);2-10H,1H3,(H,20,21)(H,23,26). The number of nitrogens with zero attached hydrogens (tertiary/aromatic N) is 24. The molecule has 16 aromatic rings. The third kappa shape index (κ3) is 21.1. The van der Waals surface area contributed by atoms with E-state index in [1.54, 1.807) is 202 Å². The van der Waals surface area contributed by atoms with Crippen molar-refractivity contribution in [1.82, 2.24) is 129 Å². The lowest BCUT2D eigenvalue weighted by Gasteiger charge is -2.28. The number of aryl methyl sites for hydroxylation is 4. The van der Waals surface area contributed by atoms with Gasteiger partial charge in [-0.1, -0.05) is 24.3 Å². The van der Waals surface area contributed by atoms with Crippen molar-refractivity contribution in [3.8, 4) is 90.6 Å². The quantitative estimate of drug-likeness (QED) is 0.0367. The molecule has 2 aliphatic carbocycles. The molecule has 0 bridgehead atoms. The first kappa shape index (κ1) is 83.3. The zero-order valence-corrected chi connectivity index (χ0v) is 68.5. The Labute approximate surface area is 710 Å². The van der Waals surface area contributed by atoms with Gasteiger partial charge >= 0.3 is 0 Å². The highest BCUT2D eigenvalue weighted by Gasteiger charge is 2.29. The first-order valence-electron chi connectivity index (χ1n) is 40.1. The molecule has 0 unspecified atom stereocenters. The van der Waals surface area contributed by atoms with Crippen LogP contribution in [-0.2, 0) is 23.6 Å². The lowest BCUT2D eigenvalue weighted by Crippen LogP contribution is -2.24. The number of hydrogen-bond donors (Lipinski definition) is 6. The molecule has 0 atom stereocenters.